The van der Waals surface area contributed by atoms with Crippen LogP contribution in [0.4, 0.5) is 0 Å². The third kappa shape index (κ3) is 3.76. The zero-order valence-electron chi connectivity index (χ0n) is 12.6. The van der Waals surface area contributed by atoms with Crippen LogP contribution in [0, 0.1) is 13.8 Å². The molecule has 1 aromatic heterocycles. The lowest BCUT2D eigenvalue weighted by atomic mass is 10.2. The molecule has 2 rings (SSSR count). The third-order valence-electron chi connectivity index (χ3n) is 3.30. The predicted molar refractivity (Wildman–Crippen MR) is 85.7 cm³/mol. The maximum Gasteiger partial charge on any atom is 0.240 e. The molecule has 0 aliphatic carbocycles. The van der Waals surface area contributed by atoms with Crippen molar-refractivity contribution in [2.24, 2.45) is 0 Å². The van der Waals surface area contributed by atoms with E-state index in [1.807, 2.05) is 19.9 Å². The van der Waals surface area contributed by atoms with Crippen molar-refractivity contribution in [3.63, 3.8) is 0 Å². The van der Waals surface area contributed by atoms with E-state index in [-0.39, 0.29) is 16.5 Å². The molecule has 22 heavy (non-hydrogen) atoms. The first-order valence-corrected chi connectivity index (χ1v) is 8.45. The Bertz CT molecular complexity index is 791. The number of hydrogen-bond donors (Lipinski definition) is 1. The first kappa shape index (κ1) is 16.7. The summed E-state index contributed by atoms with van der Waals surface area (Å²) in [4.78, 5) is 4.31. The molecule has 1 aromatic carbocycles. The Labute approximate surface area is 135 Å². The van der Waals surface area contributed by atoms with Crippen LogP contribution in [0.1, 0.15) is 16.8 Å². The van der Waals surface area contributed by atoms with Gasteiger partial charge >= 0.3 is 0 Å². The number of aromatic nitrogens is 1. The summed E-state index contributed by atoms with van der Waals surface area (Å²) in [5.74, 6) is 0.430. The van der Waals surface area contributed by atoms with Gasteiger partial charge in [0.25, 0.3) is 0 Å². The average molecular weight is 341 g/mol. The van der Waals surface area contributed by atoms with Crippen LogP contribution in [0.15, 0.2) is 35.4 Å². The molecule has 0 unspecified atom stereocenters. The molecular weight excluding hydrogens is 324 g/mol. The van der Waals surface area contributed by atoms with Crippen LogP contribution in [0.5, 0.6) is 5.75 Å². The van der Waals surface area contributed by atoms with Crippen molar-refractivity contribution in [2.75, 3.05) is 7.11 Å². The van der Waals surface area contributed by atoms with Gasteiger partial charge in [-0.25, -0.2) is 13.1 Å². The smallest absolute Gasteiger partial charge is 0.240 e. The van der Waals surface area contributed by atoms with Crippen LogP contribution in [0.3, 0.4) is 0 Å². The molecule has 7 heteroatoms. The Kier molecular flexibility index (Phi) is 5.05. The molecule has 0 spiro atoms. The number of nitrogens with one attached hydrogen (secondary N) is 1. The monoisotopic (exact) mass is 340 g/mol. The summed E-state index contributed by atoms with van der Waals surface area (Å²) >= 11 is 5.96. The molecule has 118 valence electrons. The first-order valence-electron chi connectivity index (χ1n) is 6.59. The number of hydrogen-bond acceptors (Lipinski definition) is 4. The molecule has 2 aromatic rings. The van der Waals surface area contributed by atoms with Gasteiger partial charge in [-0.05, 0) is 43.2 Å². The van der Waals surface area contributed by atoms with Gasteiger partial charge in [0.05, 0.1) is 17.0 Å². The molecule has 0 fully saturated rings. The maximum atomic E-state index is 12.3. The third-order valence-corrected chi connectivity index (χ3v) is 4.99. The number of halogens is 1. The van der Waals surface area contributed by atoms with E-state index in [2.05, 4.69) is 9.71 Å². The van der Waals surface area contributed by atoms with E-state index in [0.29, 0.717) is 5.75 Å². The van der Waals surface area contributed by atoms with Gasteiger partial charge in [0.2, 0.25) is 10.0 Å². The number of rotatable bonds is 5. The second-order valence-corrected chi connectivity index (χ2v) is 7.04. The van der Waals surface area contributed by atoms with Crippen molar-refractivity contribution in [1.82, 2.24) is 9.71 Å². The number of nitrogens with zero attached hydrogens (tertiary/aromatic N) is 1. The number of ether oxygens (including phenoxy) is 1. The zero-order chi connectivity index (χ0) is 16.3. The molecule has 1 heterocycles. The largest absolute Gasteiger partial charge is 0.495 e. The van der Waals surface area contributed by atoms with Gasteiger partial charge in [0.1, 0.15) is 5.75 Å². The highest BCUT2D eigenvalue weighted by atomic mass is 35.5. The number of pyridine rings is 1. The molecule has 0 atom stereocenters. The minimum atomic E-state index is -3.65. The lowest BCUT2D eigenvalue weighted by Gasteiger charge is -2.09. The van der Waals surface area contributed by atoms with Crippen molar-refractivity contribution in [2.45, 2.75) is 25.3 Å². The van der Waals surface area contributed by atoms with Crippen LogP contribution in [0.25, 0.3) is 0 Å². The summed E-state index contributed by atoms with van der Waals surface area (Å²) in [6.45, 7) is 4.01. The van der Waals surface area contributed by atoms with E-state index in [0.717, 1.165) is 16.8 Å². The van der Waals surface area contributed by atoms with Gasteiger partial charge in [-0.3, -0.25) is 4.98 Å². The van der Waals surface area contributed by atoms with Gasteiger partial charge in [-0.2, -0.15) is 0 Å². The number of benzene rings is 1. The van der Waals surface area contributed by atoms with Crippen LogP contribution in [0.2, 0.25) is 5.02 Å². The van der Waals surface area contributed by atoms with Crippen molar-refractivity contribution in [3.05, 3.63) is 52.3 Å². The van der Waals surface area contributed by atoms with E-state index in [1.165, 1.54) is 25.3 Å². The summed E-state index contributed by atoms with van der Waals surface area (Å²) < 4.78 is 32.1. The molecule has 0 aliphatic heterocycles. The number of methoxy groups -OCH3 is 1. The van der Waals surface area contributed by atoms with Crippen molar-refractivity contribution in [1.29, 1.82) is 0 Å². The van der Waals surface area contributed by atoms with Gasteiger partial charge in [0, 0.05) is 18.4 Å². The highest BCUT2D eigenvalue weighted by Gasteiger charge is 2.16. The summed E-state index contributed by atoms with van der Waals surface area (Å²) in [6.07, 6.45) is 1.66. The first-order chi connectivity index (χ1) is 10.3. The fraction of sp³-hybridized carbons (Fsp3) is 0.267. The van der Waals surface area contributed by atoms with Gasteiger partial charge in [-0.15, -0.1) is 0 Å². The van der Waals surface area contributed by atoms with E-state index < -0.39 is 10.0 Å². The second-order valence-electron chi connectivity index (χ2n) is 4.87. The average Bonchev–Trinajstić information content (AvgIpc) is 2.48. The van der Waals surface area contributed by atoms with E-state index in [9.17, 15) is 8.42 Å². The molecule has 1 N–H and O–H groups in total. The Morgan fingerprint density at radius 2 is 2.00 bits per heavy atom. The van der Waals surface area contributed by atoms with Crippen LogP contribution < -0.4 is 9.46 Å². The molecule has 0 amide bonds. The van der Waals surface area contributed by atoms with Crippen LogP contribution in [-0.4, -0.2) is 20.5 Å². The Hall–Kier alpha value is -1.63. The van der Waals surface area contributed by atoms with E-state index in [1.54, 1.807) is 6.20 Å². The van der Waals surface area contributed by atoms with Gasteiger partial charge < -0.3 is 4.74 Å². The molecule has 0 bridgehead atoms. The Balaban J connectivity index is 2.17. The Morgan fingerprint density at radius 1 is 1.27 bits per heavy atom. The van der Waals surface area contributed by atoms with Crippen LogP contribution >= 0.6 is 11.6 Å². The quantitative estimate of drug-likeness (QED) is 0.908. The van der Waals surface area contributed by atoms with Gasteiger partial charge in [-0.1, -0.05) is 17.7 Å². The molecule has 5 nitrogen and oxygen atoms in total. The number of aryl methyl sites for hydroxylation is 2. The lowest BCUT2D eigenvalue weighted by molar-refractivity contribution is 0.414. The summed E-state index contributed by atoms with van der Waals surface area (Å²) in [6, 6.07) is 6.24. The SMILES string of the molecule is COc1ccc(S(=O)(=O)NCc2cnc(C)c(C)c2)cc1Cl. The topological polar surface area (TPSA) is 68.3 Å². The minimum Gasteiger partial charge on any atom is -0.495 e. The highest BCUT2D eigenvalue weighted by Crippen LogP contribution is 2.26. The maximum absolute atomic E-state index is 12.3. The fourth-order valence-electron chi connectivity index (χ4n) is 1.87. The van der Waals surface area contributed by atoms with Crippen molar-refractivity contribution >= 4 is 21.6 Å². The molecule has 0 radical (unpaired) electrons. The van der Waals surface area contributed by atoms with Gasteiger partial charge in [0.15, 0.2) is 0 Å². The van der Waals surface area contributed by atoms with Crippen LogP contribution in [-0.2, 0) is 16.6 Å². The summed E-state index contributed by atoms with van der Waals surface area (Å²) in [5.41, 5.74) is 2.74. The minimum absolute atomic E-state index is 0.0927. The van der Waals surface area contributed by atoms with Crippen molar-refractivity contribution < 1.29 is 13.2 Å². The zero-order valence-corrected chi connectivity index (χ0v) is 14.1. The lowest BCUT2D eigenvalue weighted by Crippen LogP contribution is -2.23. The molecule has 0 aliphatic rings. The number of sulfonamides is 1. The summed E-state index contributed by atoms with van der Waals surface area (Å²) in [7, 11) is -2.17. The normalized spacial score (nSPS) is 11.5. The molecular formula is C15H17ClN2O3S. The van der Waals surface area contributed by atoms with E-state index >= 15 is 0 Å². The van der Waals surface area contributed by atoms with Crippen molar-refractivity contribution in [3.8, 4) is 5.75 Å². The molecule has 0 saturated carbocycles. The highest BCUT2D eigenvalue weighted by molar-refractivity contribution is 7.89. The summed E-state index contributed by atoms with van der Waals surface area (Å²) in [5, 5.41) is 0.248. The predicted octanol–water partition coefficient (Wildman–Crippen LogP) is 2.84. The standard InChI is InChI=1S/C15H17ClN2O3S/c1-10-6-12(8-17-11(10)2)9-18-22(19,20)13-4-5-15(21-3)14(16)7-13/h4-8,18H,9H2,1-3H3. The molecule has 0 saturated heterocycles. The fourth-order valence-corrected chi connectivity index (χ4v) is 3.24. The van der Waals surface area contributed by atoms with E-state index in [4.69, 9.17) is 16.3 Å². The Morgan fingerprint density at radius 3 is 2.59 bits per heavy atom. The second kappa shape index (κ2) is 6.64.